The average Bonchev–Trinajstić information content (AvgIpc) is 2.94. The molecule has 0 radical (unpaired) electrons. The van der Waals surface area contributed by atoms with E-state index in [9.17, 15) is 0 Å². The molecule has 0 unspecified atom stereocenters. The summed E-state index contributed by atoms with van der Waals surface area (Å²) in [5, 5.41) is 10.3. The van der Waals surface area contributed by atoms with Gasteiger partial charge in [-0.1, -0.05) is 6.07 Å². The Labute approximate surface area is 106 Å². The van der Waals surface area contributed by atoms with Crippen molar-refractivity contribution in [1.29, 1.82) is 0 Å². The smallest absolute Gasteiger partial charge is 0.163 e. The zero-order valence-corrected chi connectivity index (χ0v) is 10.6. The van der Waals surface area contributed by atoms with Crippen LogP contribution in [0.25, 0.3) is 0 Å². The molecule has 3 rings (SSSR count). The molecular weight excluding hydrogens is 228 g/mol. The van der Waals surface area contributed by atoms with E-state index < -0.39 is 0 Å². The molecule has 0 amide bonds. The van der Waals surface area contributed by atoms with E-state index >= 15 is 0 Å². The second kappa shape index (κ2) is 4.33. The van der Waals surface area contributed by atoms with Crippen molar-refractivity contribution >= 4 is 5.82 Å². The number of rotatable bonds is 3. The van der Waals surface area contributed by atoms with E-state index in [0.29, 0.717) is 6.61 Å². The lowest BCUT2D eigenvalue weighted by Crippen LogP contribution is -2.01. The van der Waals surface area contributed by atoms with E-state index in [1.54, 1.807) is 0 Å². The minimum absolute atomic E-state index is 0.468. The van der Waals surface area contributed by atoms with Crippen LogP contribution < -0.4 is 10.1 Å². The maximum Gasteiger partial charge on any atom is 0.163 e. The van der Waals surface area contributed by atoms with E-state index in [1.165, 1.54) is 5.56 Å². The monoisotopic (exact) mass is 244 g/mol. The van der Waals surface area contributed by atoms with Gasteiger partial charge in [0.1, 0.15) is 18.1 Å². The Morgan fingerprint density at radius 3 is 3.00 bits per heavy atom. The van der Waals surface area contributed by atoms with Gasteiger partial charge in [-0.3, -0.25) is 5.10 Å². The number of aromatic amines is 1. The van der Waals surface area contributed by atoms with Crippen molar-refractivity contribution in [2.24, 2.45) is 0 Å². The van der Waals surface area contributed by atoms with E-state index in [2.05, 4.69) is 26.6 Å². The number of H-pyrrole nitrogens is 1. The molecule has 0 saturated heterocycles. The van der Waals surface area contributed by atoms with Crippen LogP contribution in [0.5, 0.6) is 5.75 Å². The largest absolute Gasteiger partial charge is 0.483 e. The van der Waals surface area contributed by atoms with Crippen LogP contribution in [0.3, 0.4) is 0 Å². The molecule has 0 aromatic carbocycles. The molecule has 0 aliphatic carbocycles. The van der Waals surface area contributed by atoms with Gasteiger partial charge in [-0.25, -0.2) is 4.98 Å². The number of pyridine rings is 1. The Hall–Kier alpha value is -2.04. The van der Waals surface area contributed by atoms with Gasteiger partial charge in [-0.05, 0) is 31.9 Å². The number of ether oxygens (including phenoxy) is 1. The van der Waals surface area contributed by atoms with E-state index in [0.717, 1.165) is 41.6 Å². The summed E-state index contributed by atoms with van der Waals surface area (Å²) < 4.78 is 5.77. The van der Waals surface area contributed by atoms with Crippen LogP contribution in [-0.4, -0.2) is 21.7 Å². The summed E-state index contributed by atoms with van der Waals surface area (Å²) in [6.07, 6.45) is 1.06. The second-order valence-electron chi connectivity index (χ2n) is 4.54. The lowest BCUT2D eigenvalue weighted by molar-refractivity contribution is 0.297. The quantitative estimate of drug-likeness (QED) is 0.866. The molecule has 94 valence electrons. The van der Waals surface area contributed by atoms with E-state index in [4.69, 9.17) is 4.74 Å². The third kappa shape index (κ3) is 1.92. The standard InChI is InChI=1S/C13H16N4O/c1-8-12(9(2)17-16-8)18-7-11-4-3-10-5-6-14-13(10)15-11/h3-4H,5-7H2,1-2H3,(H,14,15)(H,16,17). The number of aromatic nitrogens is 3. The van der Waals surface area contributed by atoms with Crippen LogP contribution in [0.15, 0.2) is 12.1 Å². The van der Waals surface area contributed by atoms with Crippen molar-refractivity contribution in [2.75, 3.05) is 11.9 Å². The summed E-state index contributed by atoms with van der Waals surface area (Å²) in [6, 6.07) is 4.15. The fourth-order valence-electron chi connectivity index (χ4n) is 2.18. The number of hydrogen-bond donors (Lipinski definition) is 2. The first kappa shape index (κ1) is 11.1. The summed E-state index contributed by atoms with van der Waals surface area (Å²) in [5.74, 6) is 1.82. The summed E-state index contributed by atoms with van der Waals surface area (Å²) in [6.45, 7) is 5.33. The molecule has 1 aliphatic heterocycles. The molecule has 1 aliphatic rings. The van der Waals surface area contributed by atoms with Crippen molar-refractivity contribution in [1.82, 2.24) is 15.2 Å². The molecular formula is C13H16N4O. The first-order valence-electron chi connectivity index (χ1n) is 6.11. The fourth-order valence-corrected chi connectivity index (χ4v) is 2.18. The number of hydrogen-bond acceptors (Lipinski definition) is 4. The maximum atomic E-state index is 5.77. The van der Waals surface area contributed by atoms with Gasteiger partial charge in [0.05, 0.1) is 11.4 Å². The van der Waals surface area contributed by atoms with Crippen molar-refractivity contribution < 1.29 is 4.74 Å². The summed E-state index contributed by atoms with van der Waals surface area (Å²) in [7, 11) is 0. The van der Waals surface area contributed by atoms with Crippen LogP contribution in [-0.2, 0) is 13.0 Å². The summed E-state index contributed by atoms with van der Waals surface area (Å²) >= 11 is 0. The number of nitrogens with one attached hydrogen (secondary N) is 2. The van der Waals surface area contributed by atoms with E-state index in [-0.39, 0.29) is 0 Å². The van der Waals surface area contributed by atoms with Crippen LogP contribution in [0, 0.1) is 13.8 Å². The van der Waals surface area contributed by atoms with Crippen LogP contribution >= 0.6 is 0 Å². The van der Waals surface area contributed by atoms with Crippen LogP contribution in [0.1, 0.15) is 22.6 Å². The summed E-state index contributed by atoms with van der Waals surface area (Å²) in [5.41, 5.74) is 4.05. The maximum absolute atomic E-state index is 5.77. The lowest BCUT2D eigenvalue weighted by Gasteiger charge is -2.07. The van der Waals surface area contributed by atoms with Gasteiger partial charge in [0, 0.05) is 6.54 Å². The van der Waals surface area contributed by atoms with Crippen LogP contribution in [0.4, 0.5) is 5.82 Å². The first-order chi connectivity index (χ1) is 8.74. The number of aryl methyl sites for hydroxylation is 2. The molecule has 18 heavy (non-hydrogen) atoms. The Morgan fingerprint density at radius 2 is 2.22 bits per heavy atom. The SMILES string of the molecule is Cc1n[nH]c(C)c1OCc1ccc2c(n1)NCC2. The normalized spacial score (nSPS) is 13.2. The predicted molar refractivity (Wildman–Crippen MR) is 68.8 cm³/mol. The van der Waals surface area contributed by atoms with Crippen LogP contribution in [0.2, 0.25) is 0 Å². The molecule has 2 aromatic rings. The highest BCUT2D eigenvalue weighted by Gasteiger charge is 2.13. The van der Waals surface area contributed by atoms with Crippen molar-refractivity contribution in [3.8, 4) is 5.75 Å². The second-order valence-corrected chi connectivity index (χ2v) is 4.54. The molecule has 0 fully saturated rings. The minimum atomic E-state index is 0.468. The Morgan fingerprint density at radius 1 is 1.33 bits per heavy atom. The van der Waals surface area contributed by atoms with E-state index in [1.807, 2.05) is 19.9 Å². The van der Waals surface area contributed by atoms with Crippen molar-refractivity contribution in [2.45, 2.75) is 26.9 Å². The summed E-state index contributed by atoms with van der Waals surface area (Å²) in [4.78, 5) is 4.55. The average molecular weight is 244 g/mol. The predicted octanol–water partition coefficient (Wildman–Crippen LogP) is 1.97. The fraction of sp³-hybridized carbons (Fsp3) is 0.385. The molecule has 0 spiro atoms. The first-order valence-corrected chi connectivity index (χ1v) is 6.11. The molecule has 3 heterocycles. The number of fused-ring (bicyclic) bond motifs is 1. The minimum Gasteiger partial charge on any atom is -0.483 e. The zero-order chi connectivity index (χ0) is 12.5. The molecule has 0 bridgehead atoms. The molecule has 0 saturated carbocycles. The third-order valence-electron chi connectivity index (χ3n) is 3.15. The highest BCUT2D eigenvalue weighted by Crippen LogP contribution is 2.22. The van der Waals surface area contributed by atoms with Gasteiger partial charge in [0.2, 0.25) is 0 Å². The zero-order valence-electron chi connectivity index (χ0n) is 10.6. The molecule has 2 N–H and O–H groups in total. The molecule has 0 atom stereocenters. The van der Waals surface area contributed by atoms with Crippen molar-refractivity contribution in [3.05, 3.63) is 34.8 Å². The van der Waals surface area contributed by atoms with Gasteiger partial charge >= 0.3 is 0 Å². The van der Waals surface area contributed by atoms with Gasteiger partial charge in [0.15, 0.2) is 5.75 Å². The highest BCUT2D eigenvalue weighted by molar-refractivity contribution is 5.49. The molecule has 5 heteroatoms. The topological polar surface area (TPSA) is 62.8 Å². The highest BCUT2D eigenvalue weighted by atomic mass is 16.5. The Kier molecular flexibility index (Phi) is 2.66. The Bertz CT molecular complexity index is 557. The van der Waals surface area contributed by atoms with Crippen molar-refractivity contribution in [3.63, 3.8) is 0 Å². The van der Waals surface area contributed by atoms with Gasteiger partial charge in [0.25, 0.3) is 0 Å². The number of anilines is 1. The molecule has 5 nitrogen and oxygen atoms in total. The lowest BCUT2D eigenvalue weighted by atomic mass is 10.2. The van der Waals surface area contributed by atoms with Gasteiger partial charge in [-0.2, -0.15) is 5.10 Å². The molecule has 2 aromatic heterocycles. The van der Waals surface area contributed by atoms with Gasteiger partial charge < -0.3 is 10.1 Å². The Balaban J connectivity index is 1.74. The van der Waals surface area contributed by atoms with Gasteiger partial charge in [-0.15, -0.1) is 0 Å². The third-order valence-corrected chi connectivity index (χ3v) is 3.15. The number of nitrogens with zero attached hydrogens (tertiary/aromatic N) is 2.